The first-order chi connectivity index (χ1) is 32.8. The molecule has 0 aromatic heterocycles. The highest BCUT2D eigenvalue weighted by molar-refractivity contribution is 6.26. The number of rotatable bonds is 5. The number of anilines is 3. The second-order valence-corrected chi connectivity index (χ2v) is 17.9. The number of hydrogen-bond acceptors (Lipinski definition) is 1. The zero-order valence-corrected chi connectivity index (χ0v) is 36.1. The highest BCUT2D eigenvalue weighted by Crippen LogP contribution is 2.64. The van der Waals surface area contributed by atoms with Gasteiger partial charge in [-0.3, -0.25) is 0 Å². The normalized spacial score (nSPS) is 13.0. The molecule has 0 radical (unpaired) electrons. The highest BCUT2D eigenvalue weighted by Gasteiger charge is 2.52. The Morgan fingerprint density at radius 1 is 0.242 bits per heavy atom. The minimum atomic E-state index is -0.515. The van der Waals surface area contributed by atoms with Gasteiger partial charge in [0.1, 0.15) is 0 Å². The SMILES string of the molecule is c1ccc(-c2ccccc2-c2cc3c(cc2N(c2ccc4ccccc4c2)c2ccc4c5ccccc5c5ccccc5c4c2)C2(c4ccccc4-c4ccccc42)c2ccccc2-3)cc1. The summed E-state index contributed by atoms with van der Waals surface area (Å²) >= 11 is 0. The van der Waals surface area contributed by atoms with Crippen molar-refractivity contribution in [3.8, 4) is 44.5 Å². The predicted octanol–water partition coefficient (Wildman–Crippen LogP) is 17.4. The fourth-order valence-corrected chi connectivity index (χ4v) is 11.9. The van der Waals surface area contributed by atoms with Crippen molar-refractivity contribution in [1.82, 2.24) is 0 Å². The Bertz CT molecular complexity index is 3870. The summed E-state index contributed by atoms with van der Waals surface area (Å²) in [5, 5.41) is 9.98. The molecule has 2 aliphatic rings. The fraction of sp³-hybridized carbons (Fsp3) is 0.0154. The largest absolute Gasteiger partial charge is 0.310 e. The van der Waals surface area contributed by atoms with Gasteiger partial charge in [0.2, 0.25) is 0 Å². The van der Waals surface area contributed by atoms with Crippen LogP contribution in [-0.4, -0.2) is 0 Å². The maximum Gasteiger partial charge on any atom is 0.0726 e. The average molecular weight is 836 g/mol. The van der Waals surface area contributed by atoms with E-state index in [0.717, 1.165) is 17.1 Å². The molecule has 306 valence electrons. The van der Waals surface area contributed by atoms with Crippen LogP contribution in [0.25, 0.3) is 87.6 Å². The van der Waals surface area contributed by atoms with Crippen LogP contribution in [-0.2, 0) is 5.41 Å². The summed E-state index contributed by atoms with van der Waals surface area (Å²) in [4.78, 5) is 2.55. The molecule has 1 spiro atoms. The van der Waals surface area contributed by atoms with E-state index < -0.39 is 5.41 Å². The van der Waals surface area contributed by atoms with E-state index >= 15 is 0 Å². The molecule has 1 heteroatoms. The van der Waals surface area contributed by atoms with Crippen LogP contribution in [0, 0.1) is 0 Å². The molecule has 0 aliphatic heterocycles. The first kappa shape index (κ1) is 36.9. The van der Waals surface area contributed by atoms with Gasteiger partial charge in [-0.25, -0.2) is 0 Å². The van der Waals surface area contributed by atoms with E-state index in [-0.39, 0.29) is 0 Å². The number of benzene rings is 12. The average Bonchev–Trinajstić information content (AvgIpc) is 3.85. The van der Waals surface area contributed by atoms with Gasteiger partial charge in [0.05, 0.1) is 11.1 Å². The summed E-state index contributed by atoms with van der Waals surface area (Å²) in [7, 11) is 0. The molecule has 12 aromatic rings. The third-order valence-corrected chi connectivity index (χ3v) is 14.6. The Morgan fingerprint density at radius 3 is 1.33 bits per heavy atom. The molecular formula is C65H41N. The molecule has 0 saturated heterocycles. The highest BCUT2D eigenvalue weighted by atomic mass is 15.1. The van der Waals surface area contributed by atoms with E-state index in [1.54, 1.807) is 0 Å². The van der Waals surface area contributed by atoms with Crippen LogP contribution in [0.5, 0.6) is 0 Å². The maximum atomic E-state index is 2.57. The lowest BCUT2D eigenvalue weighted by atomic mass is 9.70. The second-order valence-electron chi connectivity index (χ2n) is 17.9. The quantitative estimate of drug-likeness (QED) is 0.156. The van der Waals surface area contributed by atoms with Gasteiger partial charge in [0.25, 0.3) is 0 Å². The van der Waals surface area contributed by atoms with Crippen LogP contribution >= 0.6 is 0 Å². The standard InChI is InChI=1S/C65H41N/c1-2-19-43(20-3-1)47-22-6-7-23-48(47)59-40-58-56-30-14-17-33-62(56)65(60-31-15-12-28-54(60)55-29-13-16-32-61(55)65)63(58)41-64(59)66(45-35-34-42-18-4-5-21-44(42)38-45)46-36-37-53-51-26-9-8-24-49(51)50-25-10-11-27-52(50)57(53)39-46/h1-41H. The van der Waals surface area contributed by atoms with Gasteiger partial charge in [-0.15, -0.1) is 0 Å². The van der Waals surface area contributed by atoms with Gasteiger partial charge in [-0.1, -0.05) is 212 Å². The zero-order chi connectivity index (χ0) is 43.3. The maximum absolute atomic E-state index is 2.57. The molecular weight excluding hydrogens is 795 g/mol. The van der Waals surface area contributed by atoms with Crippen molar-refractivity contribution in [1.29, 1.82) is 0 Å². The van der Waals surface area contributed by atoms with Crippen molar-refractivity contribution in [2.24, 2.45) is 0 Å². The lowest BCUT2D eigenvalue weighted by Gasteiger charge is -2.33. The van der Waals surface area contributed by atoms with E-state index in [1.165, 1.54) is 110 Å². The topological polar surface area (TPSA) is 3.24 Å². The Balaban J connectivity index is 1.14. The van der Waals surface area contributed by atoms with E-state index in [2.05, 4.69) is 254 Å². The minimum absolute atomic E-state index is 0.515. The summed E-state index contributed by atoms with van der Waals surface area (Å²) in [5.74, 6) is 0. The Labute approximate surface area is 384 Å². The van der Waals surface area contributed by atoms with Gasteiger partial charge < -0.3 is 4.90 Å². The number of hydrogen-bond donors (Lipinski definition) is 0. The smallest absolute Gasteiger partial charge is 0.0726 e. The van der Waals surface area contributed by atoms with Crippen molar-refractivity contribution in [2.45, 2.75) is 5.41 Å². The summed E-state index contributed by atoms with van der Waals surface area (Å²) in [6.45, 7) is 0. The van der Waals surface area contributed by atoms with E-state index in [9.17, 15) is 0 Å². The van der Waals surface area contributed by atoms with Crippen molar-refractivity contribution >= 4 is 60.2 Å². The van der Waals surface area contributed by atoms with Crippen LogP contribution in [0.3, 0.4) is 0 Å². The molecule has 0 heterocycles. The van der Waals surface area contributed by atoms with Crippen LogP contribution in [0.15, 0.2) is 249 Å². The first-order valence-electron chi connectivity index (χ1n) is 23.0. The molecule has 0 fully saturated rings. The number of nitrogens with zero attached hydrogens (tertiary/aromatic N) is 1. The molecule has 0 bridgehead atoms. The molecule has 0 amide bonds. The molecule has 12 aromatic carbocycles. The molecule has 14 rings (SSSR count). The molecule has 0 unspecified atom stereocenters. The van der Waals surface area contributed by atoms with Crippen molar-refractivity contribution in [2.75, 3.05) is 4.90 Å². The first-order valence-corrected chi connectivity index (χ1v) is 23.0. The minimum Gasteiger partial charge on any atom is -0.310 e. The van der Waals surface area contributed by atoms with Gasteiger partial charge in [0, 0.05) is 16.9 Å². The summed E-state index contributed by atoms with van der Waals surface area (Å²) in [5.41, 5.74) is 18.0. The summed E-state index contributed by atoms with van der Waals surface area (Å²) < 4.78 is 0. The molecule has 0 N–H and O–H groups in total. The van der Waals surface area contributed by atoms with Crippen molar-refractivity contribution in [3.05, 3.63) is 271 Å². The molecule has 1 nitrogen and oxygen atoms in total. The van der Waals surface area contributed by atoms with E-state index in [4.69, 9.17) is 0 Å². The fourth-order valence-electron chi connectivity index (χ4n) is 11.9. The second kappa shape index (κ2) is 14.2. The van der Waals surface area contributed by atoms with Crippen LogP contribution < -0.4 is 4.90 Å². The van der Waals surface area contributed by atoms with Crippen LogP contribution in [0.1, 0.15) is 22.3 Å². The Morgan fingerprint density at radius 2 is 0.697 bits per heavy atom. The van der Waals surface area contributed by atoms with Gasteiger partial charge >= 0.3 is 0 Å². The Hall–Kier alpha value is -8.52. The predicted molar refractivity (Wildman–Crippen MR) is 278 cm³/mol. The summed E-state index contributed by atoms with van der Waals surface area (Å²) in [6, 6.07) is 93.0. The van der Waals surface area contributed by atoms with Crippen LogP contribution in [0.4, 0.5) is 17.1 Å². The monoisotopic (exact) mass is 835 g/mol. The molecule has 0 saturated carbocycles. The van der Waals surface area contributed by atoms with E-state index in [0.29, 0.717) is 0 Å². The third kappa shape index (κ3) is 5.17. The zero-order valence-electron chi connectivity index (χ0n) is 36.1. The molecule has 0 atom stereocenters. The van der Waals surface area contributed by atoms with Gasteiger partial charge in [-0.05, 0) is 141 Å². The number of fused-ring (bicyclic) bond motifs is 17. The lowest BCUT2D eigenvalue weighted by Crippen LogP contribution is -2.26. The lowest BCUT2D eigenvalue weighted by molar-refractivity contribution is 0.794. The third-order valence-electron chi connectivity index (χ3n) is 14.6. The molecule has 2 aliphatic carbocycles. The van der Waals surface area contributed by atoms with E-state index in [1.807, 2.05) is 0 Å². The van der Waals surface area contributed by atoms with Crippen LogP contribution in [0.2, 0.25) is 0 Å². The van der Waals surface area contributed by atoms with Gasteiger partial charge in [0.15, 0.2) is 0 Å². The van der Waals surface area contributed by atoms with Crippen molar-refractivity contribution < 1.29 is 0 Å². The molecule has 66 heavy (non-hydrogen) atoms. The van der Waals surface area contributed by atoms with Crippen molar-refractivity contribution in [3.63, 3.8) is 0 Å². The van der Waals surface area contributed by atoms with Gasteiger partial charge in [-0.2, -0.15) is 0 Å². The summed E-state index contributed by atoms with van der Waals surface area (Å²) in [6.07, 6.45) is 0. The Kier molecular flexibility index (Phi) is 7.97.